The zero-order valence-electron chi connectivity index (χ0n) is 11.6. The summed E-state index contributed by atoms with van der Waals surface area (Å²) in [4.78, 5) is 4.40. The summed E-state index contributed by atoms with van der Waals surface area (Å²) in [7, 11) is 1.66. The molecule has 0 N–H and O–H groups in total. The van der Waals surface area contributed by atoms with Crippen molar-refractivity contribution < 1.29 is 4.74 Å². The van der Waals surface area contributed by atoms with E-state index in [2.05, 4.69) is 31.0 Å². The topological polar surface area (TPSA) is 45.9 Å². The molecule has 2 rings (SSSR count). The highest BCUT2D eigenvalue weighted by molar-refractivity contribution is 5.71. The molecule has 1 heterocycles. The van der Waals surface area contributed by atoms with Gasteiger partial charge < -0.3 is 4.74 Å². The smallest absolute Gasteiger partial charge is 0.128 e. The van der Waals surface area contributed by atoms with Gasteiger partial charge in [-0.2, -0.15) is 5.26 Å². The lowest BCUT2D eigenvalue weighted by atomic mass is 9.99. The first-order valence-corrected chi connectivity index (χ1v) is 6.09. The van der Waals surface area contributed by atoms with Crippen LogP contribution in [-0.4, -0.2) is 12.1 Å². The van der Waals surface area contributed by atoms with Crippen molar-refractivity contribution in [2.24, 2.45) is 0 Å². The van der Waals surface area contributed by atoms with Crippen LogP contribution in [0.25, 0.3) is 11.3 Å². The fraction of sp³-hybridized carbons (Fsp3) is 0.250. The molecule has 0 spiro atoms. The molecular formula is C16H16N2O. The Bertz CT molecular complexity index is 669. The molecule has 0 aliphatic carbocycles. The second-order valence-corrected chi connectivity index (χ2v) is 4.64. The van der Waals surface area contributed by atoms with Crippen LogP contribution in [0.1, 0.15) is 22.3 Å². The standard InChI is InChI=1S/C16H16N2O/c1-10-6-14(15(19-4)7-11(10)2)16-12(3)5-13(8-17)9-18-16/h5-7,9H,1-4H3. The SMILES string of the molecule is COc1cc(C)c(C)cc1-c1ncc(C#N)cc1C. The van der Waals surface area contributed by atoms with Crippen LogP contribution in [0, 0.1) is 32.1 Å². The number of rotatable bonds is 2. The van der Waals surface area contributed by atoms with E-state index in [-0.39, 0.29) is 0 Å². The Hall–Kier alpha value is -2.34. The Morgan fingerprint density at radius 1 is 1.05 bits per heavy atom. The molecule has 0 radical (unpaired) electrons. The highest BCUT2D eigenvalue weighted by Gasteiger charge is 2.12. The van der Waals surface area contributed by atoms with Crippen molar-refractivity contribution in [3.63, 3.8) is 0 Å². The summed E-state index contributed by atoms with van der Waals surface area (Å²) in [6.45, 7) is 6.08. The van der Waals surface area contributed by atoms with E-state index in [0.717, 1.165) is 22.6 Å². The van der Waals surface area contributed by atoms with Gasteiger partial charge in [0.15, 0.2) is 0 Å². The molecule has 3 nitrogen and oxygen atoms in total. The fourth-order valence-corrected chi connectivity index (χ4v) is 2.06. The summed E-state index contributed by atoms with van der Waals surface area (Å²) in [6.07, 6.45) is 1.59. The Morgan fingerprint density at radius 3 is 2.32 bits per heavy atom. The van der Waals surface area contributed by atoms with Gasteiger partial charge in [-0.15, -0.1) is 0 Å². The van der Waals surface area contributed by atoms with Crippen LogP contribution >= 0.6 is 0 Å². The number of aryl methyl sites for hydroxylation is 3. The number of benzene rings is 1. The van der Waals surface area contributed by atoms with Crippen molar-refractivity contribution in [3.05, 3.63) is 46.6 Å². The number of ether oxygens (including phenoxy) is 1. The van der Waals surface area contributed by atoms with Crippen LogP contribution in [-0.2, 0) is 0 Å². The van der Waals surface area contributed by atoms with E-state index in [1.165, 1.54) is 11.1 Å². The summed E-state index contributed by atoms with van der Waals surface area (Å²) >= 11 is 0. The van der Waals surface area contributed by atoms with Crippen LogP contribution < -0.4 is 4.74 Å². The number of nitrogens with zero attached hydrogens (tertiary/aromatic N) is 2. The minimum Gasteiger partial charge on any atom is -0.496 e. The van der Waals surface area contributed by atoms with Gasteiger partial charge in [0.05, 0.1) is 18.4 Å². The van der Waals surface area contributed by atoms with Gasteiger partial charge in [-0.05, 0) is 55.7 Å². The molecule has 96 valence electrons. The maximum atomic E-state index is 8.89. The van der Waals surface area contributed by atoms with E-state index >= 15 is 0 Å². The maximum Gasteiger partial charge on any atom is 0.128 e. The second-order valence-electron chi connectivity index (χ2n) is 4.64. The van der Waals surface area contributed by atoms with Crippen LogP contribution in [0.2, 0.25) is 0 Å². The summed E-state index contributed by atoms with van der Waals surface area (Å²) < 4.78 is 5.44. The third-order valence-corrected chi connectivity index (χ3v) is 3.28. The van der Waals surface area contributed by atoms with Crippen molar-refractivity contribution in [3.8, 4) is 23.1 Å². The van der Waals surface area contributed by atoms with Gasteiger partial charge in [-0.3, -0.25) is 4.98 Å². The highest BCUT2D eigenvalue weighted by atomic mass is 16.5. The lowest BCUT2D eigenvalue weighted by Crippen LogP contribution is -1.96. The molecule has 0 saturated carbocycles. The van der Waals surface area contributed by atoms with Crippen molar-refractivity contribution in [1.82, 2.24) is 4.98 Å². The van der Waals surface area contributed by atoms with Gasteiger partial charge in [-0.1, -0.05) is 0 Å². The number of nitriles is 1. The molecule has 0 atom stereocenters. The molecule has 0 aliphatic rings. The van der Waals surface area contributed by atoms with E-state index < -0.39 is 0 Å². The number of pyridine rings is 1. The molecule has 0 fully saturated rings. The summed E-state index contributed by atoms with van der Waals surface area (Å²) in [6, 6.07) is 8.04. The normalized spacial score (nSPS) is 10.1. The Labute approximate surface area is 113 Å². The molecule has 0 unspecified atom stereocenters. The summed E-state index contributed by atoms with van der Waals surface area (Å²) in [5, 5.41) is 8.89. The van der Waals surface area contributed by atoms with Crippen molar-refractivity contribution in [1.29, 1.82) is 5.26 Å². The molecule has 0 amide bonds. The molecule has 0 bridgehead atoms. The van der Waals surface area contributed by atoms with Gasteiger partial charge >= 0.3 is 0 Å². The van der Waals surface area contributed by atoms with E-state index in [4.69, 9.17) is 10.00 Å². The Kier molecular flexibility index (Phi) is 3.52. The van der Waals surface area contributed by atoms with Crippen molar-refractivity contribution in [2.45, 2.75) is 20.8 Å². The first-order valence-electron chi connectivity index (χ1n) is 6.09. The third-order valence-electron chi connectivity index (χ3n) is 3.28. The van der Waals surface area contributed by atoms with E-state index in [9.17, 15) is 0 Å². The van der Waals surface area contributed by atoms with Gasteiger partial charge in [0, 0.05) is 11.8 Å². The predicted molar refractivity (Wildman–Crippen MR) is 75.2 cm³/mol. The number of aromatic nitrogens is 1. The highest BCUT2D eigenvalue weighted by Crippen LogP contribution is 2.33. The Morgan fingerprint density at radius 2 is 1.74 bits per heavy atom. The van der Waals surface area contributed by atoms with Crippen molar-refractivity contribution >= 4 is 0 Å². The molecule has 3 heteroatoms. The number of hydrogen-bond acceptors (Lipinski definition) is 3. The maximum absolute atomic E-state index is 8.89. The summed E-state index contributed by atoms with van der Waals surface area (Å²) in [5.41, 5.74) is 5.75. The average Bonchev–Trinajstić information content (AvgIpc) is 2.41. The number of methoxy groups -OCH3 is 1. The van der Waals surface area contributed by atoms with E-state index in [1.54, 1.807) is 13.3 Å². The first-order chi connectivity index (χ1) is 9.06. The van der Waals surface area contributed by atoms with Gasteiger partial charge in [-0.25, -0.2) is 0 Å². The molecule has 0 saturated heterocycles. The molecule has 0 aliphatic heterocycles. The van der Waals surface area contributed by atoms with Gasteiger partial charge in [0.25, 0.3) is 0 Å². The van der Waals surface area contributed by atoms with E-state index in [1.807, 2.05) is 19.1 Å². The quantitative estimate of drug-likeness (QED) is 0.821. The minimum atomic E-state index is 0.573. The van der Waals surface area contributed by atoms with E-state index in [0.29, 0.717) is 5.56 Å². The van der Waals surface area contributed by atoms with Gasteiger partial charge in [0.2, 0.25) is 0 Å². The minimum absolute atomic E-state index is 0.573. The van der Waals surface area contributed by atoms with Crippen LogP contribution in [0.3, 0.4) is 0 Å². The van der Waals surface area contributed by atoms with Crippen LogP contribution in [0.15, 0.2) is 24.4 Å². The van der Waals surface area contributed by atoms with Crippen molar-refractivity contribution in [2.75, 3.05) is 7.11 Å². The molecule has 2 aromatic rings. The fourth-order valence-electron chi connectivity index (χ4n) is 2.06. The number of hydrogen-bond donors (Lipinski definition) is 0. The lowest BCUT2D eigenvalue weighted by Gasteiger charge is -2.13. The molecular weight excluding hydrogens is 236 g/mol. The molecule has 1 aromatic heterocycles. The van der Waals surface area contributed by atoms with Crippen LogP contribution in [0.5, 0.6) is 5.75 Å². The first kappa shape index (κ1) is 13.1. The van der Waals surface area contributed by atoms with Crippen LogP contribution in [0.4, 0.5) is 0 Å². The lowest BCUT2D eigenvalue weighted by molar-refractivity contribution is 0.416. The third kappa shape index (κ3) is 2.43. The van der Waals surface area contributed by atoms with Gasteiger partial charge in [0.1, 0.15) is 11.8 Å². The largest absolute Gasteiger partial charge is 0.496 e. The zero-order chi connectivity index (χ0) is 14.0. The molecule has 1 aromatic carbocycles. The monoisotopic (exact) mass is 252 g/mol. The Balaban J connectivity index is 2.65. The molecule has 19 heavy (non-hydrogen) atoms. The second kappa shape index (κ2) is 5.11. The average molecular weight is 252 g/mol. The summed E-state index contributed by atoms with van der Waals surface area (Å²) in [5.74, 6) is 0.809. The predicted octanol–water partition coefficient (Wildman–Crippen LogP) is 3.55. The zero-order valence-corrected chi connectivity index (χ0v) is 11.6.